The van der Waals surface area contributed by atoms with Gasteiger partial charge in [0, 0.05) is 18.0 Å². The molecule has 0 aliphatic carbocycles. The molecule has 2 N–H and O–H groups in total. The third-order valence-corrected chi connectivity index (χ3v) is 4.90. The number of hydrogen-bond acceptors (Lipinski definition) is 4. The highest BCUT2D eigenvalue weighted by atomic mass is 35.5. The van der Waals surface area contributed by atoms with Crippen molar-refractivity contribution in [2.45, 2.75) is 25.8 Å². The molecule has 0 saturated carbocycles. The highest BCUT2D eigenvalue weighted by Gasteiger charge is 2.14. The van der Waals surface area contributed by atoms with Crippen LogP contribution >= 0.6 is 23.2 Å². The average molecular weight is 311 g/mol. The minimum absolute atomic E-state index is 0.141. The van der Waals surface area contributed by atoms with Crippen LogP contribution < -0.4 is 5.73 Å². The van der Waals surface area contributed by atoms with Crippen LogP contribution in [-0.2, 0) is 9.84 Å². The number of rotatable bonds is 6. The summed E-state index contributed by atoms with van der Waals surface area (Å²) >= 11 is 11.7. The summed E-state index contributed by atoms with van der Waals surface area (Å²) in [5.41, 5.74) is 6.48. The van der Waals surface area contributed by atoms with Crippen molar-refractivity contribution >= 4 is 33.0 Å². The summed E-state index contributed by atoms with van der Waals surface area (Å²) in [7, 11) is -2.94. The Labute approximate surface area is 117 Å². The normalized spacial score (nSPS) is 13.6. The van der Waals surface area contributed by atoms with Crippen molar-refractivity contribution in [3.05, 3.63) is 28.0 Å². The van der Waals surface area contributed by atoms with E-state index in [2.05, 4.69) is 4.98 Å². The van der Waals surface area contributed by atoms with Gasteiger partial charge in [-0.15, -0.1) is 0 Å². The summed E-state index contributed by atoms with van der Waals surface area (Å²) in [5, 5.41) is 0.859. The van der Waals surface area contributed by atoms with Crippen molar-refractivity contribution < 1.29 is 8.42 Å². The van der Waals surface area contributed by atoms with Crippen LogP contribution in [0.1, 0.15) is 31.5 Å². The molecule has 0 radical (unpaired) electrons. The van der Waals surface area contributed by atoms with E-state index >= 15 is 0 Å². The molecule has 1 rings (SSSR count). The van der Waals surface area contributed by atoms with E-state index in [0.29, 0.717) is 28.6 Å². The Morgan fingerprint density at radius 3 is 2.67 bits per heavy atom. The molecule has 0 aliphatic heterocycles. The van der Waals surface area contributed by atoms with E-state index in [4.69, 9.17) is 28.9 Å². The molecule has 0 spiro atoms. The molecular formula is C11H16Cl2N2O2S. The first kappa shape index (κ1) is 15.7. The van der Waals surface area contributed by atoms with Crippen LogP contribution in [0, 0.1) is 0 Å². The van der Waals surface area contributed by atoms with Crippen molar-refractivity contribution in [2.75, 3.05) is 11.5 Å². The Morgan fingerprint density at radius 1 is 1.44 bits per heavy atom. The van der Waals surface area contributed by atoms with Gasteiger partial charge in [0.05, 0.1) is 21.5 Å². The molecule has 0 aliphatic rings. The summed E-state index contributed by atoms with van der Waals surface area (Å²) in [6.45, 7) is 1.63. The molecule has 1 unspecified atom stereocenters. The number of nitrogens with two attached hydrogens (primary N) is 1. The first-order chi connectivity index (χ1) is 8.35. The maximum atomic E-state index is 11.3. The van der Waals surface area contributed by atoms with E-state index < -0.39 is 9.84 Å². The van der Waals surface area contributed by atoms with Gasteiger partial charge >= 0.3 is 0 Å². The third kappa shape index (κ3) is 4.72. The van der Waals surface area contributed by atoms with Crippen LogP contribution in [0.25, 0.3) is 0 Å². The number of hydrogen-bond donors (Lipinski definition) is 1. The lowest BCUT2D eigenvalue weighted by atomic mass is 10.1. The van der Waals surface area contributed by atoms with Crippen LogP contribution in [0.3, 0.4) is 0 Å². The Balaban J connectivity index is 2.58. The maximum Gasteiger partial charge on any atom is 0.150 e. The minimum Gasteiger partial charge on any atom is -0.323 e. The fourth-order valence-corrected chi connectivity index (χ4v) is 2.92. The van der Waals surface area contributed by atoms with Crippen molar-refractivity contribution in [1.29, 1.82) is 0 Å². The van der Waals surface area contributed by atoms with Crippen molar-refractivity contribution in [2.24, 2.45) is 5.73 Å². The smallest absolute Gasteiger partial charge is 0.150 e. The van der Waals surface area contributed by atoms with Crippen LogP contribution in [-0.4, -0.2) is 24.9 Å². The van der Waals surface area contributed by atoms with Gasteiger partial charge in [-0.1, -0.05) is 30.1 Å². The van der Waals surface area contributed by atoms with Crippen LogP contribution in [0.4, 0.5) is 0 Å². The Kier molecular flexibility index (Phi) is 5.85. The molecule has 1 heterocycles. The SMILES string of the molecule is CCS(=O)(=O)CCCC(N)c1ncc(Cl)cc1Cl. The van der Waals surface area contributed by atoms with Gasteiger partial charge in [-0.3, -0.25) is 4.98 Å². The van der Waals surface area contributed by atoms with Gasteiger partial charge in [0.2, 0.25) is 0 Å². The Bertz CT molecular complexity index is 506. The van der Waals surface area contributed by atoms with Crippen LogP contribution in [0.5, 0.6) is 0 Å². The lowest BCUT2D eigenvalue weighted by Crippen LogP contribution is -2.15. The predicted octanol–water partition coefficient (Wildman–Crippen LogP) is 2.60. The van der Waals surface area contributed by atoms with Crippen molar-refractivity contribution in [3.8, 4) is 0 Å². The molecule has 0 bridgehead atoms. The lowest BCUT2D eigenvalue weighted by Gasteiger charge is -2.12. The Morgan fingerprint density at radius 2 is 2.11 bits per heavy atom. The summed E-state index contributed by atoms with van der Waals surface area (Å²) in [4.78, 5) is 4.07. The fourth-order valence-electron chi connectivity index (χ4n) is 1.50. The van der Waals surface area contributed by atoms with Gasteiger partial charge in [0.15, 0.2) is 0 Å². The van der Waals surface area contributed by atoms with E-state index in [9.17, 15) is 8.42 Å². The molecule has 1 aromatic heterocycles. The zero-order valence-electron chi connectivity index (χ0n) is 10.1. The molecule has 7 heteroatoms. The molecule has 4 nitrogen and oxygen atoms in total. The second kappa shape index (κ2) is 6.70. The molecule has 0 saturated heterocycles. The molecular weight excluding hydrogens is 295 g/mol. The standard InChI is InChI=1S/C11H16Cl2N2O2S/c1-2-18(16,17)5-3-4-10(14)11-9(13)6-8(12)7-15-11/h6-7,10H,2-5,14H2,1H3. The number of halogens is 2. The summed E-state index contributed by atoms with van der Waals surface area (Å²) in [6.07, 6.45) is 2.50. The van der Waals surface area contributed by atoms with Gasteiger partial charge < -0.3 is 5.73 Å². The zero-order valence-corrected chi connectivity index (χ0v) is 12.4. The summed E-state index contributed by atoms with van der Waals surface area (Å²) < 4.78 is 22.7. The first-order valence-electron chi connectivity index (χ1n) is 5.62. The maximum absolute atomic E-state index is 11.3. The summed E-state index contributed by atoms with van der Waals surface area (Å²) in [5.74, 6) is 0.296. The number of pyridine rings is 1. The molecule has 0 amide bonds. The van der Waals surface area contributed by atoms with Gasteiger partial charge in [-0.25, -0.2) is 8.42 Å². The number of nitrogens with zero attached hydrogens (tertiary/aromatic N) is 1. The minimum atomic E-state index is -2.94. The Hall–Kier alpha value is -0.360. The molecule has 1 aromatic rings. The monoisotopic (exact) mass is 310 g/mol. The van der Waals surface area contributed by atoms with Gasteiger partial charge in [-0.05, 0) is 18.9 Å². The van der Waals surface area contributed by atoms with Crippen LogP contribution in [0.2, 0.25) is 10.0 Å². The third-order valence-electron chi connectivity index (χ3n) is 2.60. The second-order valence-electron chi connectivity index (χ2n) is 4.01. The average Bonchev–Trinajstić information content (AvgIpc) is 2.28. The molecule has 18 heavy (non-hydrogen) atoms. The van der Waals surface area contributed by atoms with Gasteiger partial charge in [0.25, 0.3) is 0 Å². The highest BCUT2D eigenvalue weighted by Crippen LogP contribution is 2.25. The highest BCUT2D eigenvalue weighted by molar-refractivity contribution is 7.91. The largest absolute Gasteiger partial charge is 0.323 e. The zero-order chi connectivity index (χ0) is 13.8. The van der Waals surface area contributed by atoms with Crippen molar-refractivity contribution in [3.63, 3.8) is 0 Å². The molecule has 0 fully saturated rings. The topological polar surface area (TPSA) is 73.0 Å². The second-order valence-corrected chi connectivity index (χ2v) is 7.32. The van der Waals surface area contributed by atoms with Gasteiger partial charge in [0.1, 0.15) is 9.84 Å². The van der Waals surface area contributed by atoms with E-state index in [0.717, 1.165) is 0 Å². The number of sulfone groups is 1. The van der Waals surface area contributed by atoms with E-state index in [-0.39, 0.29) is 17.5 Å². The summed E-state index contributed by atoms with van der Waals surface area (Å²) in [6, 6.07) is 1.20. The molecule has 1 atom stereocenters. The van der Waals surface area contributed by atoms with Crippen LogP contribution in [0.15, 0.2) is 12.3 Å². The van der Waals surface area contributed by atoms with E-state index in [1.54, 1.807) is 13.0 Å². The van der Waals surface area contributed by atoms with Crippen molar-refractivity contribution in [1.82, 2.24) is 4.98 Å². The predicted molar refractivity (Wildman–Crippen MR) is 74.7 cm³/mol. The quantitative estimate of drug-likeness (QED) is 0.876. The van der Waals surface area contributed by atoms with E-state index in [1.807, 2.05) is 0 Å². The lowest BCUT2D eigenvalue weighted by molar-refractivity contribution is 0.581. The molecule has 0 aromatic carbocycles. The molecule has 102 valence electrons. The van der Waals surface area contributed by atoms with E-state index in [1.165, 1.54) is 6.20 Å². The fraction of sp³-hybridized carbons (Fsp3) is 0.545. The van der Waals surface area contributed by atoms with Gasteiger partial charge in [-0.2, -0.15) is 0 Å². The number of aromatic nitrogens is 1. The first-order valence-corrected chi connectivity index (χ1v) is 8.20.